The van der Waals surface area contributed by atoms with E-state index in [0.29, 0.717) is 39.0 Å². The fraction of sp³-hybridized carbons (Fsp3) is 0.148. The van der Waals surface area contributed by atoms with Gasteiger partial charge in [-0.1, -0.05) is 48.9 Å². The van der Waals surface area contributed by atoms with Crippen LogP contribution in [0.5, 0.6) is 0 Å². The number of hydrogen-bond acceptors (Lipinski definition) is 5. The van der Waals surface area contributed by atoms with E-state index in [1.807, 2.05) is 19.1 Å². The Morgan fingerprint density at radius 3 is 2.42 bits per heavy atom. The Morgan fingerprint density at radius 2 is 1.82 bits per heavy atom. The number of nitrogens with two attached hydrogens (primary N) is 2. The Labute approximate surface area is 226 Å². The monoisotopic (exact) mass is 557 g/mol. The van der Waals surface area contributed by atoms with E-state index >= 15 is 0 Å². The Bertz CT molecular complexity index is 1510. The molecule has 38 heavy (non-hydrogen) atoms. The van der Waals surface area contributed by atoms with Crippen LogP contribution in [0.3, 0.4) is 0 Å². The molecule has 0 saturated carbocycles. The van der Waals surface area contributed by atoms with Crippen molar-refractivity contribution in [3.05, 3.63) is 107 Å². The maximum absolute atomic E-state index is 13.4. The van der Waals surface area contributed by atoms with Crippen LogP contribution in [0.25, 0.3) is 16.8 Å². The van der Waals surface area contributed by atoms with Crippen LogP contribution in [-0.2, 0) is 11.1 Å². The van der Waals surface area contributed by atoms with Crippen molar-refractivity contribution in [3.8, 4) is 16.8 Å². The Morgan fingerprint density at radius 1 is 1.13 bits per heavy atom. The van der Waals surface area contributed by atoms with Crippen molar-refractivity contribution in [1.82, 2.24) is 9.55 Å². The second-order valence-corrected chi connectivity index (χ2v) is 10.0. The summed E-state index contributed by atoms with van der Waals surface area (Å²) in [5.74, 6) is 6.79. The molecule has 7 nitrogen and oxygen atoms in total. The molecule has 0 saturated heterocycles. The number of imidazole rings is 1. The summed E-state index contributed by atoms with van der Waals surface area (Å²) < 4.78 is 49.6. The Balaban J connectivity index is 1.87. The van der Waals surface area contributed by atoms with Gasteiger partial charge >= 0.3 is 0 Å². The van der Waals surface area contributed by atoms with Gasteiger partial charge in [-0.2, -0.15) is 0 Å². The van der Waals surface area contributed by atoms with Gasteiger partial charge in [0.25, 0.3) is 6.43 Å². The van der Waals surface area contributed by atoms with Gasteiger partial charge in [-0.25, -0.2) is 23.8 Å². The number of allylic oxidation sites excluding steroid dienone is 1. The van der Waals surface area contributed by atoms with E-state index in [-0.39, 0.29) is 16.5 Å². The van der Waals surface area contributed by atoms with E-state index in [1.54, 1.807) is 66.1 Å². The van der Waals surface area contributed by atoms with Crippen LogP contribution in [0.2, 0.25) is 5.02 Å². The molecule has 0 bridgehead atoms. The maximum Gasteiger partial charge on any atom is 0.281 e. The van der Waals surface area contributed by atoms with Crippen LogP contribution in [0, 0.1) is 6.92 Å². The number of hydrazine groups is 1. The van der Waals surface area contributed by atoms with Gasteiger partial charge in [-0.05, 0) is 60.0 Å². The van der Waals surface area contributed by atoms with E-state index in [0.717, 1.165) is 5.56 Å². The average Bonchev–Trinajstić information content (AvgIpc) is 3.30. The molecule has 198 valence electrons. The highest BCUT2D eigenvalue weighted by Crippen LogP contribution is 2.36. The van der Waals surface area contributed by atoms with Crippen molar-refractivity contribution in [2.45, 2.75) is 31.1 Å². The molecule has 3 aromatic carbocycles. The smallest absolute Gasteiger partial charge is 0.281 e. The zero-order valence-electron chi connectivity index (χ0n) is 20.6. The first-order valence-corrected chi connectivity index (χ1v) is 13.0. The topological polar surface area (TPSA) is 110 Å². The van der Waals surface area contributed by atoms with Crippen molar-refractivity contribution in [1.29, 1.82) is 0 Å². The average molecular weight is 558 g/mol. The highest BCUT2D eigenvalue weighted by atomic mass is 35.5. The lowest BCUT2D eigenvalue weighted by Gasteiger charge is -2.29. The van der Waals surface area contributed by atoms with E-state index in [9.17, 15) is 17.5 Å². The summed E-state index contributed by atoms with van der Waals surface area (Å²) in [6.07, 6.45) is -0.0642. The molecule has 4 rings (SSSR count). The van der Waals surface area contributed by atoms with Crippen LogP contribution in [0.1, 0.15) is 36.3 Å². The third-order valence-electron chi connectivity index (χ3n) is 6.25. The van der Waals surface area contributed by atoms with Crippen molar-refractivity contribution in [2.75, 3.05) is 5.01 Å². The highest BCUT2D eigenvalue weighted by Gasteiger charge is 2.23. The number of anilines is 1. The number of nitrogens with zero attached hydrogens (tertiary/aromatic N) is 3. The second-order valence-electron chi connectivity index (χ2n) is 8.60. The molecular weight excluding hydrogens is 532 g/mol. The molecule has 0 aliphatic rings. The summed E-state index contributed by atoms with van der Waals surface area (Å²) in [5.41, 5.74) is 9.47. The summed E-state index contributed by atoms with van der Waals surface area (Å²) >= 11 is 3.89. The van der Waals surface area contributed by atoms with Gasteiger partial charge in [0.05, 0.1) is 22.0 Å². The van der Waals surface area contributed by atoms with Crippen LogP contribution in [-0.4, -0.2) is 18.3 Å². The molecule has 11 heteroatoms. The third kappa shape index (κ3) is 5.63. The fourth-order valence-corrected chi connectivity index (χ4v) is 4.77. The number of aromatic nitrogens is 2. The molecule has 4 aromatic rings. The van der Waals surface area contributed by atoms with Gasteiger partial charge in [0.2, 0.25) is 0 Å². The Kier molecular flexibility index (Phi) is 8.27. The summed E-state index contributed by atoms with van der Waals surface area (Å²) in [5, 5.41) is 2.00. The first kappa shape index (κ1) is 27.5. The predicted octanol–water partition coefficient (Wildman–Crippen LogP) is 6.30. The number of benzene rings is 3. The van der Waals surface area contributed by atoms with Gasteiger partial charge < -0.3 is 14.9 Å². The lowest BCUT2D eigenvalue weighted by molar-refractivity contribution is 0.146. The molecule has 0 spiro atoms. The number of aryl methyl sites for hydroxylation is 1. The zero-order valence-corrected chi connectivity index (χ0v) is 22.1. The zero-order chi connectivity index (χ0) is 27.6. The maximum atomic E-state index is 13.4. The van der Waals surface area contributed by atoms with Gasteiger partial charge in [0, 0.05) is 23.3 Å². The molecule has 1 aromatic heterocycles. The number of halogens is 3. The minimum Gasteiger partial charge on any atom is -0.403 e. The van der Waals surface area contributed by atoms with Crippen LogP contribution in [0.4, 0.5) is 14.5 Å². The Hall–Kier alpha value is -3.57. The minimum absolute atomic E-state index is 0.240. The molecule has 0 fully saturated rings. The number of alkyl halides is 2. The number of rotatable bonds is 8. The first-order chi connectivity index (χ1) is 18.1. The minimum atomic E-state index is -2.74. The normalized spacial score (nSPS) is 13.5. The molecule has 0 aliphatic heterocycles. The van der Waals surface area contributed by atoms with E-state index in [2.05, 4.69) is 4.98 Å². The van der Waals surface area contributed by atoms with Gasteiger partial charge in [0.15, 0.2) is 11.1 Å². The van der Waals surface area contributed by atoms with E-state index in [4.69, 9.17) is 23.2 Å². The van der Waals surface area contributed by atoms with Gasteiger partial charge in [-0.3, -0.25) is 5.01 Å². The molecule has 5 N–H and O–H groups in total. The summed E-state index contributed by atoms with van der Waals surface area (Å²) in [6.45, 7) is 3.56. The molecule has 0 aliphatic carbocycles. The lowest BCUT2D eigenvalue weighted by Crippen LogP contribution is -2.34. The van der Waals surface area contributed by atoms with Crippen molar-refractivity contribution in [3.63, 3.8) is 0 Å². The summed E-state index contributed by atoms with van der Waals surface area (Å²) in [6, 6.07) is 19.2. The largest absolute Gasteiger partial charge is 0.403 e. The molecule has 2 atom stereocenters. The SMILES string of the molecule is Cc1nc(C(F)F)cn1-c1ccc(-c2cccc(S(=O)O)c2)cc1N(N)/C(=C\N)C(C)c1ccc(Cl)cc1. The van der Waals surface area contributed by atoms with Crippen molar-refractivity contribution < 1.29 is 17.5 Å². The predicted molar refractivity (Wildman–Crippen MR) is 147 cm³/mol. The van der Waals surface area contributed by atoms with E-state index < -0.39 is 17.5 Å². The molecule has 2 unspecified atom stereocenters. The van der Waals surface area contributed by atoms with Gasteiger partial charge in [-0.15, -0.1) is 0 Å². The molecular formula is C27H26ClF2N5O2S. The number of hydrogen-bond donors (Lipinski definition) is 3. The highest BCUT2D eigenvalue weighted by molar-refractivity contribution is 7.79. The third-order valence-corrected chi connectivity index (χ3v) is 7.16. The first-order valence-electron chi connectivity index (χ1n) is 11.5. The molecule has 0 amide bonds. The fourth-order valence-electron chi connectivity index (χ4n) is 4.22. The van der Waals surface area contributed by atoms with Crippen LogP contribution < -0.4 is 16.6 Å². The van der Waals surface area contributed by atoms with Crippen molar-refractivity contribution in [2.24, 2.45) is 11.6 Å². The van der Waals surface area contributed by atoms with Crippen molar-refractivity contribution >= 4 is 28.4 Å². The second kappa shape index (κ2) is 11.4. The molecule has 1 heterocycles. The molecule has 0 radical (unpaired) electrons. The summed E-state index contributed by atoms with van der Waals surface area (Å²) in [7, 11) is 0. The van der Waals surface area contributed by atoms with Crippen LogP contribution in [0.15, 0.2) is 89.7 Å². The lowest BCUT2D eigenvalue weighted by atomic mass is 9.97. The van der Waals surface area contributed by atoms with E-state index in [1.165, 1.54) is 17.4 Å². The van der Waals surface area contributed by atoms with Crippen LogP contribution >= 0.6 is 11.6 Å². The standard InChI is InChI=1S/C27H26ClF2N5O2S/c1-16(18-6-9-21(28)10-7-18)26(14-31)35(32)25-13-20(19-4-3-5-22(12-19)38(36)37)8-11-24(25)34-15-23(27(29)30)33-17(34)2/h3-16,27H,31-32H2,1-2H3,(H,36,37)/b26-14-. The quantitative estimate of drug-likeness (QED) is 0.133. The summed E-state index contributed by atoms with van der Waals surface area (Å²) in [4.78, 5) is 4.23. The van der Waals surface area contributed by atoms with Gasteiger partial charge in [0.1, 0.15) is 11.5 Å².